The summed E-state index contributed by atoms with van der Waals surface area (Å²) < 4.78 is 10.6. The highest BCUT2D eigenvalue weighted by atomic mass is 16.5. The molecule has 7 heteroatoms. The van der Waals surface area contributed by atoms with E-state index >= 15 is 0 Å². The molecule has 0 saturated carbocycles. The van der Waals surface area contributed by atoms with Gasteiger partial charge < -0.3 is 14.5 Å². The Morgan fingerprint density at radius 1 is 1.12 bits per heavy atom. The Bertz CT molecular complexity index is 859. The minimum atomic E-state index is -0.440. The Balaban J connectivity index is 1.58. The number of aromatic nitrogens is 2. The second-order valence-electron chi connectivity index (χ2n) is 5.47. The van der Waals surface area contributed by atoms with Gasteiger partial charge in [0.15, 0.2) is 0 Å². The van der Waals surface area contributed by atoms with Gasteiger partial charge in [0, 0.05) is 5.69 Å². The molecule has 0 saturated heterocycles. The van der Waals surface area contributed by atoms with E-state index in [2.05, 4.69) is 20.8 Å². The topological polar surface area (TPSA) is 89.3 Å². The third kappa shape index (κ3) is 4.57. The molecule has 0 aliphatic heterocycles. The molecule has 1 heterocycles. The number of hydrogen-bond donors (Lipinski definition) is 2. The molecule has 0 fully saturated rings. The molecule has 0 unspecified atom stereocenters. The standard InChI is InChI=1S/C18H18N4O3/c1-12-4-3-5-14(10-12)19-17(23)20-18-22-21-16(25-18)11-13-6-8-15(24-2)9-7-13/h3-10H,11H2,1-2H3,(H2,19,20,22,23). The van der Waals surface area contributed by atoms with Crippen LogP contribution in [0.1, 0.15) is 17.0 Å². The lowest BCUT2D eigenvalue weighted by Gasteiger charge is -2.05. The van der Waals surface area contributed by atoms with Crippen LogP contribution in [0.25, 0.3) is 0 Å². The molecule has 2 amide bonds. The lowest BCUT2D eigenvalue weighted by Crippen LogP contribution is -2.19. The van der Waals surface area contributed by atoms with Gasteiger partial charge in [-0.2, -0.15) is 0 Å². The number of nitrogens with one attached hydrogen (secondary N) is 2. The van der Waals surface area contributed by atoms with Gasteiger partial charge in [-0.15, -0.1) is 5.10 Å². The number of carbonyl (C=O) groups excluding carboxylic acids is 1. The van der Waals surface area contributed by atoms with Crippen molar-refractivity contribution in [2.24, 2.45) is 0 Å². The fraction of sp³-hybridized carbons (Fsp3) is 0.167. The highest BCUT2D eigenvalue weighted by molar-refractivity contribution is 5.98. The van der Waals surface area contributed by atoms with Crippen molar-refractivity contribution in [2.75, 3.05) is 17.7 Å². The van der Waals surface area contributed by atoms with Crippen molar-refractivity contribution >= 4 is 17.7 Å². The van der Waals surface area contributed by atoms with Gasteiger partial charge in [-0.05, 0) is 42.3 Å². The van der Waals surface area contributed by atoms with Crippen LogP contribution < -0.4 is 15.4 Å². The van der Waals surface area contributed by atoms with E-state index in [0.717, 1.165) is 16.9 Å². The summed E-state index contributed by atoms with van der Waals surface area (Å²) in [6.45, 7) is 1.95. The number of rotatable bonds is 5. The van der Waals surface area contributed by atoms with Crippen LogP contribution in [0.3, 0.4) is 0 Å². The monoisotopic (exact) mass is 338 g/mol. The van der Waals surface area contributed by atoms with Crippen molar-refractivity contribution in [3.05, 3.63) is 65.5 Å². The van der Waals surface area contributed by atoms with Crippen LogP contribution in [-0.2, 0) is 6.42 Å². The van der Waals surface area contributed by atoms with Crippen molar-refractivity contribution in [1.29, 1.82) is 0 Å². The number of ether oxygens (including phenoxy) is 1. The summed E-state index contributed by atoms with van der Waals surface area (Å²) in [5.41, 5.74) is 2.74. The van der Waals surface area contributed by atoms with Crippen molar-refractivity contribution in [3.8, 4) is 5.75 Å². The molecule has 1 aromatic heterocycles. The first-order valence-corrected chi connectivity index (χ1v) is 7.72. The number of hydrogen-bond acceptors (Lipinski definition) is 5. The molecule has 25 heavy (non-hydrogen) atoms. The summed E-state index contributed by atoms with van der Waals surface area (Å²) in [5, 5.41) is 13.0. The van der Waals surface area contributed by atoms with Crippen LogP contribution in [0.4, 0.5) is 16.5 Å². The molecule has 0 bridgehead atoms. The van der Waals surface area contributed by atoms with Crippen LogP contribution in [0.5, 0.6) is 5.75 Å². The molecule has 0 spiro atoms. The second-order valence-corrected chi connectivity index (χ2v) is 5.47. The van der Waals surface area contributed by atoms with Crippen molar-refractivity contribution in [3.63, 3.8) is 0 Å². The molecule has 0 radical (unpaired) electrons. The maximum atomic E-state index is 12.0. The lowest BCUT2D eigenvalue weighted by atomic mass is 10.1. The first-order chi connectivity index (χ1) is 12.1. The van der Waals surface area contributed by atoms with Gasteiger partial charge in [0.1, 0.15) is 5.75 Å². The number of aryl methyl sites for hydroxylation is 1. The number of amides is 2. The average Bonchev–Trinajstić information content (AvgIpc) is 3.02. The van der Waals surface area contributed by atoms with E-state index in [1.807, 2.05) is 49.4 Å². The van der Waals surface area contributed by atoms with Crippen molar-refractivity contribution in [2.45, 2.75) is 13.3 Å². The van der Waals surface area contributed by atoms with E-state index in [0.29, 0.717) is 18.0 Å². The zero-order valence-electron chi connectivity index (χ0n) is 13.9. The summed E-state index contributed by atoms with van der Waals surface area (Å²) in [6, 6.07) is 14.6. The molecule has 3 rings (SSSR count). The summed E-state index contributed by atoms with van der Waals surface area (Å²) in [7, 11) is 1.62. The van der Waals surface area contributed by atoms with Gasteiger partial charge in [-0.1, -0.05) is 29.4 Å². The number of carbonyl (C=O) groups is 1. The van der Waals surface area contributed by atoms with E-state index < -0.39 is 6.03 Å². The number of methoxy groups -OCH3 is 1. The molecule has 128 valence electrons. The maximum Gasteiger partial charge on any atom is 0.327 e. The summed E-state index contributed by atoms with van der Waals surface area (Å²) in [6.07, 6.45) is 0.470. The van der Waals surface area contributed by atoms with Crippen molar-refractivity contribution < 1.29 is 13.9 Å². The number of nitrogens with zero attached hydrogens (tertiary/aromatic N) is 2. The molecular formula is C18H18N4O3. The zero-order chi connectivity index (χ0) is 17.6. The Morgan fingerprint density at radius 2 is 1.92 bits per heavy atom. The lowest BCUT2D eigenvalue weighted by molar-refractivity contribution is 0.261. The second kappa shape index (κ2) is 7.48. The quantitative estimate of drug-likeness (QED) is 0.741. The minimum absolute atomic E-state index is 0.0497. The fourth-order valence-corrected chi connectivity index (χ4v) is 2.28. The smallest absolute Gasteiger partial charge is 0.327 e. The van der Waals surface area contributed by atoms with Gasteiger partial charge in [0.2, 0.25) is 5.89 Å². The average molecular weight is 338 g/mol. The Kier molecular flexibility index (Phi) is 4.94. The van der Waals surface area contributed by atoms with Crippen LogP contribution in [0, 0.1) is 6.92 Å². The molecule has 0 aliphatic carbocycles. The first kappa shape index (κ1) is 16.5. The fourth-order valence-electron chi connectivity index (χ4n) is 2.28. The predicted molar refractivity (Wildman–Crippen MR) is 93.9 cm³/mol. The molecule has 2 N–H and O–H groups in total. The first-order valence-electron chi connectivity index (χ1n) is 7.72. The van der Waals surface area contributed by atoms with E-state index in [4.69, 9.17) is 9.15 Å². The van der Waals surface area contributed by atoms with Gasteiger partial charge in [0.25, 0.3) is 0 Å². The highest BCUT2D eigenvalue weighted by Crippen LogP contribution is 2.16. The largest absolute Gasteiger partial charge is 0.497 e. The molecule has 3 aromatic rings. The predicted octanol–water partition coefficient (Wildman–Crippen LogP) is 3.62. The molecule has 0 aliphatic rings. The molecule has 0 atom stereocenters. The molecular weight excluding hydrogens is 320 g/mol. The maximum absolute atomic E-state index is 12.0. The van der Waals surface area contributed by atoms with Crippen molar-refractivity contribution in [1.82, 2.24) is 10.2 Å². The van der Waals surface area contributed by atoms with Crippen LogP contribution in [0.15, 0.2) is 52.9 Å². The van der Waals surface area contributed by atoms with Gasteiger partial charge in [0.05, 0.1) is 13.5 Å². The number of anilines is 2. The third-order valence-corrected chi connectivity index (χ3v) is 3.48. The van der Waals surface area contributed by atoms with E-state index in [9.17, 15) is 4.79 Å². The van der Waals surface area contributed by atoms with E-state index in [1.54, 1.807) is 13.2 Å². The van der Waals surface area contributed by atoms with E-state index in [1.165, 1.54) is 0 Å². The SMILES string of the molecule is COc1ccc(Cc2nnc(NC(=O)Nc3cccc(C)c3)o2)cc1. The van der Waals surface area contributed by atoms with Crippen LogP contribution in [0.2, 0.25) is 0 Å². The summed E-state index contributed by atoms with van der Waals surface area (Å²) in [4.78, 5) is 12.0. The van der Waals surface area contributed by atoms with E-state index in [-0.39, 0.29) is 6.01 Å². The normalized spacial score (nSPS) is 10.3. The minimum Gasteiger partial charge on any atom is -0.497 e. The third-order valence-electron chi connectivity index (χ3n) is 3.48. The van der Waals surface area contributed by atoms with Crippen LogP contribution >= 0.6 is 0 Å². The summed E-state index contributed by atoms with van der Waals surface area (Å²) in [5.74, 6) is 1.19. The van der Waals surface area contributed by atoms with Crippen LogP contribution in [-0.4, -0.2) is 23.3 Å². The number of benzene rings is 2. The zero-order valence-corrected chi connectivity index (χ0v) is 13.9. The Morgan fingerprint density at radius 3 is 2.64 bits per heavy atom. The molecule has 7 nitrogen and oxygen atoms in total. The Labute approximate surface area is 145 Å². The van der Waals surface area contributed by atoms with Gasteiger partial charge >= 0.3 is 12.0 Å². The highest BCUT2D eigenvalue weighted by Gasteiger charge is 2.10. The van der Waals surface area contributed by atoms with Gasteiger partial charge in [-0.25, -0.2) is 4.79 Å². The Hall–Kier alpha value is -3.35. The van der Waals surface area contributed by atoms with Gasteiger partial charge in [-0.3, -0.25) is 5.32 Å². The number of urea groups is 1. The molecule has 2 aromatic carbocycles. The summed E-state index contributed by atoms with van der Waals surface area (Å²) >= 11 is 0.